The first-order valence-electron chi connectivity index (χ1n) is 7.82. The normalized spacial score (nSPS) is 21.6. The maximum absolute atomic E-state index is 12.9. The maximum atomic E-state index is 12.9. The van der Waals surface area contributed by atoms with Gasteiger partial charge in [-0.05, 0) is 37.3 Å². The number of H-pyrrole nitrogens is 1. The zero-order valence-corrected chi connectivity index (χ0v) is 13.2. The second kappa shape index (κ2) is 5.85. The summed E-state index contributed by atoms with van der Waals surface area (Å²) in [6.45, 7) is 1.82. The number of nitrogens with zero attached hydrogens (tertiary/aromatic N) is 2. The molecular weight excluding hydrogens is 298 g/mol. The highest BCUT2D eigenvalue weighted by atomic mass is 32.1. The number of fused-ring (bicyclic) bond motifs is 1. The molecule has 1 aliphatic carbocycles. The third kappa shape index (κ3) is 2.46. The average Bonchev–Trinajstić information content (AvgIpc) is 3.24. The fourth-order valence-corrected chi connectivity index (χ4v) is 4.43. The molecule has 0 radical (unpaired) electrons. The summed E-state index contributed by atoms with van der Waals surface area (Å²) < 4.78 is 5.77. The zero-order chi connectivity index (χ0) is 14.9. The van der Waals surface area contributed by atoms with E-state index < -0.39 is 0 Å². The van der Waals surface area contributed by atoms with Crippen LogP contribution < -0.4 is 0 Å². The number of aromatic amines is 1. The van der Waals surface area contributed by atoms with Crippen LogP contribution in [0.3, 0.4) is 0 Å². The first-order valence-corrected chi connectivity index (χ1v) is 8.70. The summed E-state index contributed by atoms with van der Waals surface area (Å²) in [6.07, 6.45) is 6.25. The van der Waals surface area contributed by atoms with Crippen LogP contribution in [0.25, 0.3) is 0 Å². The molecule has 0 saturated carbocycles. The van der Waals surface area contributed by atoms with Crippen molar-refractivity contribution in [2.75, 3.05) is 19.7 Å². The molecule has 0 spiro atoms. The number of carbonyl (C=O) groups excluding carboxylic acids is 1. The van der Waals surface area contributed by atoms with Crippen LogP contribution in [0.5, 0.6) is 0 Å². The second-order valence-electron chi connectivity index (χ2n) is 5.88. The van der Waals surface area contributed by atoms with Gasteiger partial charge in [-0.1, -0.05) is 0 Å². The quantitative estimate of drug-likeness (QED) is 0.926. The van der Waals surface area contributed by atoms with E-state index in [1.54, 1.807) is 17.5 Å². The Morgan fingerprint density at radius 1 is 1.41 bits per heavy atom. The van der Waals surface area contributed by atoms with Gasteiger partial charge in [0, 0.05) is 23.0 Å². The van der Waals surface area contributed by atoms with Crippen molar-refractivity contribution in [3.63, 3.8) is 0 Å². The molecule has 2 aromatic rings. The number of aryl methyl sites for hydroxylation is 1. The Morgan fingerprint density at radius 2 is 2.32 bits per heavy atom. The summed E-state index contributed by atoms with van der Waals surface area (Å²) in [6, 6.07) is 1.91. The molecular formula is C16H19N3O2S. The number of hydrogen-bond acceptors (Lipinski definition) is 4. The summed E-state index contributed by atoms with van der Waals surface area (Å²) in [5.74, 6) is 0.159. The number of carbonyl (C=O) groups is 1. The maximum Gasteiger partial charge on any atom is 0.255 e. The molecule has 3 heterocycles. The highest BCUT2D eigenvalue weighted by molar-refractivity contribution is 7.10. The summed E-state index contributed by atoms with van der Waals surface area (Å²) in [4.78, 5) is 16.2. The van der Waals surface area contributed by atoms with Crippen molar-refractivity contribution in [3.8, 4) is 0 Å². The molecule has 1 N–H and O–H groups in total. The van der Waals surface area contributed by atoms with Gasteiger partial charge in [-0.3, -0.25) is 9.89 Å². The van der Waals surface area contributed by atoms with Crippen molar-refractivity contribution >= 4 is 17.2 Å². The van der Waals surface area contributed by atoms with E-state index in [1.165, 1.54) is 23.3 Å². The molecule has 1 atom stereocenters. The number of rotatable bonds is 2. The predicted molar refractivity (Wildman–Crippen MR) is 84.1 cm³/mol. The molecule has 22 heavy (non-hydrogen) atoms. The lowest BCUT2D eigenvalue weighted by atomic mass is 9.95. The lowest BCUT2D eigenvalue weighted by molar-refractivity contribution is -0.0247. The highest BCUT2D eigenvalue weighted by Crippen LogP contribution is 2.32. The first kappa shape index (κ1) is 14.0. The van der Waals surface area contributed by atoms with Gasteiger partial charge < -0.3 is 9.64 Å². The number of thiophene rings is 1. The summed E-state index contributed by atoms with van der Waals surface area (Å²) in [5.41, 5.74) is 3.15. The molecule has 0 aromatic carbocycles. The Bertz CT molecular complexity index is 665. The number of hydrogen-bond donors (Lipinski definition) is 1. The predicted octanol–water partition coefficient (Wildman–Crippen LogP) is 2.56. The monoisotopic (exact) mass is 317 g/mol. The van der Waals surface area contributed by atoms with Crippen LogP contribution in [0.4, 0.5) is 0 Å². The fourth-order valence-electron chi connectivity index (χ4n) is 3.31. The van der Waals surface area contributed by atoms with E-state index in [0.29, 0.717) is 19.7 Å². The van der Waals surface area contributed by atoms with Crippen molar-refractivity contribution in [1.82, 2.24) is 15.1 Å². The van der Waals surface area contributed by atoms with Gasteiger partial charge in [-0.15, -0.1) is 11.3 Å². The van der Waals surface area contributed by atoms with Crippen molar-refractivity contribution in [2.45, 2.75) is 31.8 Å². The van der Waals surface area contributed by atoms with E-state index in [2.05, 4.69) is 15.6 Å². The Balaban J connectivity index is 1.54. The molecule has 1 amide bonds. The highest BCUT2D eigenvalue weighted by Gasteiger charge is 2.29. The number of ether oxygens (including phenoxy) is 1. The van der Waals surface area contributed by atoms with Crippen molar-refractivity contribution in [2.24, 2.45) is 0 Å². The van der Waals surface area contributed by atoms with E-state index in [0.717, 1.165) is 24.1 Å². The number of aromatic nitrogens is 2. The minimum atomic E-state index is -0.102. The Labute approximate surface area is 133 Å². The van der Waals surface area contributed by atoms with Crippen LogP contribution in [0.15, 0.2) is 17.6 Å². The van der Waals surface area contributed by atoms with Gasteiger partial charge in [0.05, 0.1) is 24.4 Å². The van der Waals surface area contributed by atoms with Gasteiger partial charge in [0.25, 0.3) is 5.91 Å². The molecule has 5 nitrogen and oxygen atoms in total. The summed E-state index contributed by atoms with van der Waals surface area (Å²) in [5, 5.41) is 8.96. The molecule has 2 aromatic heterocycles. The van der Waals surface area contributed by atoms with Gasteiger partial charge in [0.1, 0.15) is 6.10 Å². The minimum absolute atomic E-state index is 0.102. The zero-order valence-electron chi connectivity index (χ0n) is 12.4. The van der Waals surface area contributed by atoms with Crippen LogP contribution in [-0.4, -0.2) is 40.7 Å². The summed E-state index contributed by atoms with van der Waals surface area (Å²) in [7, 11) is 0. The molecule has 2 aliphatic rings. The Hall–Kier alpha value is -1.66. The Kier molecular flexibility index (Phi) is 3.72. The molecule has 1 unspecified atom stereocenters. The number of amides is 1. The third-order valence-corrected chi connectivity index (χ3v) is 5.60. The van der Waals surface area contributed by atoms with Gasteiger partial charge in [-0.2, -0.15) is 5.10 Å². The van der Waals surface area contributed by atoms with E-state index in [4.69, 9.17) is 4.74 Å². The van der Waals surface area contributed by atoms with Gasteiger partial charge in [0.2, 0.25) is 0 Å². The SMILES string of the molecule is O=C(c1csc2c1CCCC2)N1CCOC(c2ccn[nH]2)C1. The molecule has 0 bridgehead atoms. The third-order valence-electron chi connectivity index (χ3n) is 4.51. The number of nitrogens with one attached hydrogen (secondary N) is 1. The van der Waals surface area contributed by atoms with E-state index in [1.807, 2.05) is 11.0 Å². The van der Waals surface area contributed by atoms with Crippen molar-refractivity contribution in [1.29, 1.82) is 0 Å². The van der Waals surface area contributed by atoms with Gasteiger partial charge in [-0.25, -0.2) is 0 Å². The standard InChI is InChI=1S/C16H19N3O2S/c20-16(12-10-22-15-4-2-1-3-11(12)15)19-7-8-21-14(9-19)13-5-6-17-18-13/h5-6,10,14H,1-4,7-9H2,(H,17,18). The molecule has 1 aliphatic heterocycles. The lowest BCUT2D eigenvalue weighted by Gasteiger charge is -2.32. The van der Waals surface area contributed by atoms with Gasteiger partial charge in [0.15, 0.2) is 0 Å². The molecule has 1 saturated heterocycles. The average molecular weight is 317 g/mol. The smallest absolute Gasteiger partial charge is 0.255 e. The molecule has 1 fully saturated rings. The molecule has 6 heteroatoms. The van der Waals surface area contributed by atoms with E-state index in [9.17, 15) is 4.79 Å². The molecule has 4 rings (SSSR count). The topological polar surface area (TPSA) is 58.2 Å². The number of morpholine rings is 1. The van der Waals surface area contributed by atoms with Crippen LogP contribution in [-0.2, 0) is 17.6 Å². The van der Waals surface area contributed by atoms with Crippen molar-refractivity contribution in [3.05, 3.63) is 39.3 Å². The fraction of sp³-hybridized carbons (Fsp3) is 0.500. The Morgan fingerprint density at radius 3 is 3.18 bits per heavy atom. The van der Waals surface area contributed by atoms with Crippen molar-refractivity contribution < 1.29 is 9.53 Å². The molecule has 116 valence electrons. The van der Waals surface area contributed by atoms with E-state index >= 15 is 0 Å². The van der Waals surface area contributed by atoms with Gasteiger partial charge >= 0.3 is 0 Å². The van der Waals surface area contributed by atoms with Crippen LogP contribution in [0.2, 0.25) is 0 Å². The van der Waals surface area contributed by atoms with Crippen LogP contribution >= 0.6 is 11.3 Å². The summed E-state index contributed by atoms with van der Waals surface area (Å²) >= 11 is 1.75. The largest absolute Gasteiger partial charge is 0.368 e. The van der Waals surface area contributed by atoms with Crippen LogP contribution in [0.1, 0.15) is 45.4 Å². The van der Waals surface area contributed by atoms with Crippen LogP contribution in [0, 0.1) is 0 Å². The van der Waals surface area contributed by atoms with E-state index in [-0.39, 0.29) is 12.0 Å². The first-order chi connectivity index (χ1) is 10.8. The second-order valence-corrected chi connectivity index (χ2v) is 6.85. The lowest BCUT2D eigenvalue weighted by Crippen LogP contribution is -2.42. The minimum Gasteiger partial charge on any atom is -0.368 e.